The number of hydrogen-bond donors (Lipinski definition) is 3. The highest BCUT2D eigenvalue weighted by Crippen LogP contribution is 2.09. The van der Waals surface area contributed by atoms with Gasteiger partial charge in [-0.3, -0.25) is 14.5 Å². The predicted molar refractivity (Wildman–Crippen MR) is 91.8 cm³/mol. The fourth-order valence-electron chi connectivity index (χ4n) is 1.73. The maximum absolute atomic E-state index is 12.1. The number of nitrogens with one attached hydrogen (secondary N) is 2. The van der Waals surface area contributed by atoms with E-state index in [9.17, 15) is 18.0 Å². The van der Waals surface area contributed by atoms with E-state index in [1.165, 1.54) is 12.1 Å². The maximum atomic E-state index is 12.1. The number of carbonyl (C=O) groups excluding carboxylic acids is 1. The Morgan fingerprint density at radius 2 is 1.79 bits per heavy atom. The zero-order valence-electron chi connectivity index (χ0n) is 13.5. The van der Waals surface area contributed by atoms with Crippen LogP contribution in [0, 0.1) is 6.92 Å². The number of halogens is 1. The molecule has 136 valence electrons. The molecule has 10 heteroatoms. The molecular formula is C14H22ClN3O5S. The van der Waals surface area contributed by atoms with Gasteiger partial charge < -0.3 is 10.4 Å². The van der Waals surface area contributed by atoms with E-state index < -0.39 is 28.4 Å². The Labute approximate surface area is 147 Å². The van der Waals surface area contributed by atoms with Crippen molar-refractivity contribution in [1.29, 1.82) is 0 Å². The molecule has 0 radical (unpaired) electrons. The number of amides is 1. The monoisotopic (exact) mass is 379 g/mol. The molecule has 0 aromatic heterocycles. The Balaban J connectivity index is 0.00000529. The van der Waals surface area contributed by atoms with Gasteiger partial charge in [-0.05, 0) is 26.1 Å². The number of aryl methyl sites for hydroxylation is 1. The first-order chi connectivity index (χ1) is 10.7. The molecule has 0 spiro atoms. The Morgan fingerprint density at radius 3 is 2.33 bits per heavy atom. The number of aliphatic carboxylic acids is 1. The van der Waals surface area contributed by atoms with Gasteiger partial charge in [0.15, 0.2) is 0 Å². The number of carboxylic acids is 1. The fraction of sp³-hybridized carbons (Fsp3) is 0.429. The summed E-state index contributed by atoms with van der Waals surface area (Å²) in [6.07, 6.45) is 0. The summed E-state index contributed by atoms with van der Waals surface area (Å²) in [6, 6.07) is 6.49. The molecule has 0 aliphatic carbocycles. The molecule has 8 nitrogen and oxygen atoms in total. The van der Waals surface area contributed by atoms with Crippen molar-refractivity contribution in [2.24, 2.45) is 0 Å². The number of likely N-dealkylation sites (N-methyl/N-ethyl adjacent to an activating group) is 1. The first-order valence-electron chi connectivity index (χ1n) is 6.94. The molecule has 0 fully saturated rings. The quantitative estimate of drug-likeness (QED) is 0.548. The van der Waals surface area contributed by atoms with E-state index in [-0.39, 0.29) is 30.4 Å². The van der Waals surface area contributed by atoms with Gasteiger partial charge in [0, 0.05) is 13.1 Å². The third kappa shape index (κ3) is 8.25. The van der Waals surface area contributed by atoms with Gasteiger partial charge >= 0.3 is 5.97 Å². The van der Waals surface area contributed by atoms with E-state index in [2.05, 4.69) is 10.0 Å². The van der Waals surface area contributed by atoms with Crippen LogP contribution in [0.1, 0.15) is 5.56 Å². The van der Waals surface area contributed by atoms with Crippen LogP contribution in [0.15, 0.2) is 29.2 Å². The van der Waals surface area contributed by atoms with Crippen molar-refractivity contribution in [1.82, 2.24) is 14.9 Å². The van der Waals surface area contributed by atoms with Crippen LogP contribution in [0.3, 0.4) is 0 Å². The van der Waals surface area contributed by atoms with Crippen molar-refractivity contribution in [3.8, 4) is 0 Å². The molecule has 0 saturated carbocycles. The summed E-state index contributed by atoms with van der Waals surface area (Å²) < 4.78 is 26.6. The number of benzene rings is 1. The molecule has 0 bridgehead atoms. The van der Waals surface area contributed by atoms with Crippen LogP contribution in [0.5, 0.6) is 0 Å². The first kappa shape index (κ1) is 22.3. The second-order valence-corrected chi connectivity index (χ2v) is 6.89. The van der Waals surface area contributed by atoms with Gasteiger partial charge in [-0.1, -0.05) is 17.7 Å². The average Bonchev–Trinajstić information content (AvgIpc) is 2.45. The number of sulfonamides is 1. The zero-order chi connectivity index (χ0) is 17.5. The minimum Gasteiger partial charge on any atom is -0.480 e. The second kappa shape index (κ2) is 10.2. The van der Waals surface area contributed by atoms with E-state index >= 15 is 0 Å². The van der Waals surface area contributed by atoms with E-state index in [1.54, 1.807) is 24.1 Å². The van der Waals surface area contributed by atoms with E-state index in [4.69, 9.17) is 5.11 Å². The fourth-order valence-corrected chi connectivity index (χ4v) is 2.75. The average molecular weight is 380 g/mol. The van der Waals surface area contributed by atoms with Gasteiger partial charge in [0.2, 0.25) is 15.9 Å². The van der Waals surface area contributed by atoms with Crippen LogP contribution < -0.4 is 10.0 Å². The van der Waals surface area contributed by atoms with Crippen LogP contribution in [0.4, 0.5) is 0 Å². The van der Waals surface area contributed by atoms with Gasteiger partial charge in [0.05, 0.1) is 11.4 Å². The Bertz CT molecular complexity index is 649. The molecule has 1 amide bonds. The van der Waals surface area contributed by atoms with E-state index in [0.717, 1.165) is 5.56 Å². The molecule has 1 rings (SSSR count). The topological polar surface area (TPSA) is 116 Å². The summed E-state index contributed by atoms with van der Waals surface area (Å²) in [7, 11) is -1.94. The molecule has 3 N–H and O–H groups in total. The predicted octanol–water partition coefficient (Wildman–Crippen LogP) is -0.172. The molecule has 1 aromatic carbocycles. The summed E-state index contributed by atoms with van der Waals surface area (Å²) in [4.78, 5) is 23.5. The number of carboxylic acid groups (broad SMARTS) is 1. The highest BCUT2D eigenvalue weighted by atomic mass is 35.5. The molecule has 0 aliphatic heterocycles. The van der Waals surface area contributed by atoms with Crippen molar-refractivity contribution in [2.45, 2.75) is 11.8 Å². The summed E-state index contributed by atoms with van der Waals surface area (Å²) in [5, 5.41) is 10.7. The summed E-state index contributed by atoms with van der Waals surface area (Å²) in [5.41, 5.74) is 0.969. The first-order valence-corrected chi connectivity index (χ1v) is 8.42. The summed E-state index contributed by atoms with van der Waals surface area (Å²) in [5.74, 6) is -1.55. The lowest BCUT2D eigenvalue weighted by Gasteiger charge is -2.16. The standard InChI is InChI=1S/C14H21N3O5S.ClH/c1-11-3-5-12(6-4-11)23(21,22)16-7-8-17(2)10-13(18)15-9-14(19)20;/h3-6,16H,7-10H2,1-2H3,(H,15,18)(H,19,20);1H. The number of rotatable bonds is 9. The molecule has 24 heavy (non-hydrogen) atoms. The van der Waals surface area contributed by atoms with Crippen LogP contribution in [0.2, 0.25) is 0 Å². The molecular weight excluding hydrogens is 358 g/mol. The van der Waals surface area contributed by atoms with Crippen molar-refractivity contribution < 1.29 is 23.1 Å². The molecule has 0 unspecified atom stereocenters. The van der Waals surface area contributed by atoms with Gasteiger partial charge in [-0.2, -0.15) is 0 Å². The Morgan fingerprint density at radius 1 is 1.21 bits per heavy atom. The van der Waals surface area contributed by atoms with Crippen molar-refractivity contribution >= 4 is 34.3 Å². The smallest absolute Gasteiger partial charge is 0.322 e. The van der Waals surface area contributed by atoms with Gasteiger partial charge in [0.25, 0.3) is 0 Å². The summed E-state index contributed by atoms with van der Waals surface area (Å²) >= 11 is 0. The lowest BCUT2D eigenvalue weighted by molar-refractivity contribution is -0.138. The highest BCUT2D eigenvalue weighted by molar-refractivity contribution is 7.89. The Hall–Kier alpha value is -1.68. The minimum atomic E-state index is -3.58. The number of carbonyl (C=O) groups is 2. The van der Waals surface area contributed by atoms with E-state index in [0.29, 0.717) is 6.54 Å². The SMILES string of the molecule is Cc1ccc(S(=O)(=O)NCCN(C)CC(=O)NCC(=O)O)cc1.Cl. The zero-order valence-corrected chi connectivity index (χ0v) is 15.1. The lowest BCUT2D eigenvalue weighted by atomic mass is 10.2. The third-order valence-corrected chi connectivity index (χ3v) is 4.44. The number of hydrogen-bond acceptors (Lipinski definition) is 5. The lowest BCUT2D eigenvalue weighted by Crippen LogP contribution is -2.40. The molecule has 0 heterocycles. The molecule has 0 saturated heterocycles. The summed E-state index contributed by atoms with van der Waals surface area (Å²) in [6.45, 7) is 1.87. The second-order valence-electron chi connectivity index (χ2n) is 5.12. The van der Waals surface area contributed by atoms with Crippen LogP contribution in [0.25, 0.3) is 0 Å². The van der Waals surface area contributed by atoms with Crippen molar-refractivity contribution in [3.05, 3.63) is 29.8 Å². The molecule has 0 atom stereocenters. The van der Waals surface area contributed by atoms with Gasteiger partial charge in [-0.25, -0.2) is 13.1 Å². The van der Waals surface area contributed by atoms with Crippen LogP contribution >= 0.6 is 12.4 Å². The maximum Gasteiger partial charge on any atom is 0.322 e. The van der Waals surface area contributed by atoms with Crippen LogP contribution in [-0.4, -0.2) is 63.5 Å². The van der Waals surface area contributed by atoms with Gasteiger partial charge in [-0.15, -0.1) is 12.4 Å². The van der Waals surface area contributed by atoms with Gasteiger partial charge in [0.1, 0.15) is 6.54 Å². The minimum absolute atomic E-state index is 0. The number of nitrogens with zero attached hydrogens (tertiary/aromatic N) is 1. The third-order valence-electron chi connectivity index (χ3n) is 2.97. The van der Waals surface area contributed by atoms with E-state index in [1.807, 2.05) is 6.92 Å². The Kier molecular flexibility index (Phi) is 9.52. The normalized spacial score (nSPS) is 11.0. The van der Waals surface area contributed by atoms with Crippen molar-refractivity contribution in [2.75, 3.05) is 33.2 Å². The molecule has 1 aromatic rings. The largest absolute Gasteiger partial charge is 0.480 e. The molecule has 0 aliphatic rings. The van der Waals surface area contributed by atoms with Crippen molar-refractivity contribution in [3.63, 3.8) is 0 Å². The highest BCUT2D eigenvalue weighted by Gasteiger charge is 2.14. The van der Waals surface area contributed by atoms with Crippen LogP contribution in [-0.2, 0) is 19.6 Å².